The SMILES string of the molecule is NC(=O)c1ccc(NC(=O)c2cccc(S(=O)(=O)N(Cc3ccccc3)c3ccccc3)c2)cc1. The first-order valence-electron chi connectivity index (χ1n) is 10.8. The number of carbonyl (C=O) groups is 2. The lowest BCUT2D eigenvalue weighted by atomic mass is 10.2. The Morgan fingerprint density at radius 1 is 0.743 bits per heavy atom. The Morgan fingerprint density at radius 3 is 2.00 bits per heavy atom. The van der Waals surface area contributed by atoms with E-state index in [0.717, 1.165) is 5.56 Å². The Labute approximate surface area is 203 Å². The molecule has 4 aromatic carbocycles. The average Bonchev–Trinajstić information content (AvgIpc) is 2.88. The molecule has 0 bridgehead atoms. The van der Waals surface area contributed by atoms with Crippen molar-refractivity contribution >= 4 is 33.2 Å². The maximum atomic E-state index is 13.7. The Balaban J connectivity index is 1.63. The minimum atomic E-state index is -3.99. The Hall–Kier alpha value is -4.43. The fourth-order valence-corrected chi connectivity index (χ4v) is 5.00. The van der Waals surface area contributed by atoms with Gasteiger partial charge in [-0.3, -0.25) is 13.9 Å². The minimum Gasteiger partial charge on any atom is -0.366 e. The zero-order chi connectivity index (χ0) is 24.8. The summed E-state index contributed by atoms with van der Waals surface area (Å²) in [4.78, 5) is 24.1. The summed E-state index contributed by atoms with van der Waals surface area (Å²) in [7, 11) is -3.99. The normalized spacial score (nSPS) is 11.0. The summed E-state index contributed by atoms with van der Waals surface area (Å²) in [5.74, 6) is -1.05. The summed E-state index contributed by atoms with van der Waals surface area (Å²) < 4.78 is 28.8. The number of carbonyl (C=O) groups excluding carboxylic acids is 2. The second kappa shape index (κ2) is 10.2. The molecule has 0 fully saturated rings. The van der Waals surface area contributed by atoms with Gasteiger partial charge in [0.1, 0.15) is 0 Å². The van der Waals surface area contributed by atoms with Crippen LogP contribution in [0.4, 0.5) is 11.4 Å². The van der Waals surface area contributed by atoms with Gasteiger partial charge >= 0.3 is 0 Å². The highest BCUT2D eigenvalue weighted by Crippen LogP contribution is 2.26. The first-order valence-corrected chi connectivity index (χ1v) is 12.2. The van der Waals surface area contributed by atoms with Crippen molar-refractivity contribution in [2.24, 2.45) is 5.73 Å². The molecule has 4 aromatic rings. The van der Waals surface area contributed by atoms with Crippen molar-refractivity contribution in [3.05, 3.63) is 126 Å². The van der Waals surface area contributed by atoms with Crippen LogP contribution in [0.15, 0.2) is 114 Å². The average molecular weight is 486 g/mol. The zero-order valence-electron chi connectivity index (χ0n) is 18.7. The summed E-state index contributed by atoms with van der Waals surface area (Å²) in [5, 5.41) is 2.70. The smallest absolute Gasteiger partial charge is 0.264 e. The maximum Gasteiger partial charge on any atom is 0.264 e. The van der Waals surface area contributed by atoms with Crippen molar-refractivity contribution in [2.75, 3.05) is 9.62 Å². The molecule has 0 saturated carbocycles. The van der Waals surface area contributed by atoms with E-state index in [-0.39, 0.29) is 17.0 Å². The number of hydrogen-bond acceptors (Lipinski definition) is 4. The molecule has 0 aliphatic carbocycles. The second-order valence-electron chi connectivity index (χ2n) is 7.76. The largest absolute Gasteiger partial charge is 0.366 e. The molecular weight excluding hydrogens is 462 g/mol. The van der Waals surface area contributed by atoms with Crippen LogP contribution in [0.2, 0.25) is 0 Å². The second-order valence-corrected chi connectivity index (χ2v) is 9.62. The molecule has 0 radical (unpaired) electrons. The first kappa shape index (κ1) is 23.7. The van der Waals surface area contributed by atoms with Gasteiger partial charge in [0.05, 0.1) is 17.1 Å². The van der Waals surface area contributed by atoms with Crippen molar-refractivity contribution in [1.29, 1.82) is 0 Å². The van der Waals surface area contributed by atoms with Crippen LogP contribution >= 0.6 is 0 Å². The molecule has 4 rings (SSSR count). The van der Waals surface area contributed by atoms with Crippen molar-refractivity contribution in [3.63, 3.8) is 0 Å². The maximum absolute atomic E-state index is 13.7. The molecule has 3 N–H and O–H groups in total. The van der Waals surface area contributed by atoms with Gasteiger partial charge in [-0.25, -0.2) is 8.42 Å². The van der Waals surface area contributed by atoms with E-state index in [4.69, 9.17) is 5.73 Å². The summed E-state index contributed by atoms with van der Waals surface area (Å²) in [6.07, 6.45) is 0. The third kappa shape index (κ3) is 5.56. The van der Waals surface area contributed by atoms with E-state index in [1.807, 2.05) is 36.4 Å². The molecule has 0 aliphatic heterocycles. The van der Waals surface area contributed by atoms with Crippen LogP contribution in [0.5, 0.6) is 0 Å². The van der Waals surface area contributed by atoms with Crippen LogP contribution in [0.3, 0.4) is 0 Å². The van der Waals surface area contributed by atoms with Crippen LogP contribution in [0.25, 0.3) is 0 Å². The molecular formula is C27H23N3O4S. The number of amides is 2. The molecule has 176 valence electrons. The standard InChI is InChI=1S/C27H23N3O4S/c28-26(31)21-14-16-23(17-15-21)29-27(32)22-10-7-13-25(18-22)35(33,34)30(24-11-5-2-6-12-24)19-20-8-3-1-4-9-20/h1-18H,19H2,(H2,28,31)(H,29,32). The van der Waals surface area contributed by atoms with Gasteiger partial charge in [0.15, 0.2) is 0 Å². The number of nitrogens with two attached hydrogens (primary N) is 1. The van der Waals surface area contributed by atoms with E-state index >= 15 is 0 Å². The van der Waals surface area contributed by atoms with Crippen molar-refractivity contribution in [2.45, 2.75) is 11.4 Å². The van der Waals surface area contributed by atoms with Gasteiger partial charge in [-0.05, 0) is 60.2 Å². The third-order valence-electron chi connectivity index (χ3n) is 5.32. The van der Waals surface area contributed by atoms with Gasteiger partial charge in [-0.15, -0.1) is 0 Å². The Morgan fingerprint density at radius 2 is 1.37 bits per heavy atom. The number of nitrogens with one attached hydrogen (secondary N) is 1. The Kier molecular flexibility index (Phi) is 6.93. The first-order chi connectivity index (χ1) is 16.8. The van der Waals surface area contributed by atoms with Crippen molar-refractivity contribution in [3.8, 4) is 0 Å². The van der Waals surface area contributed by atoms with Crippen LogP contribution in [0, 0.1) is 0 Å². The number of benzene rings is 4. The highest BCUT2D eigenvalue weighted by Gasteiger charge is 2.26. The van der Waals surface area contributed by atoms with Gasteiger partial charge in [0.25, 0.3) is 15.9 Å². The molecule has 0 aliphatic rings. The monoisotopic (exact) mass is 485 g/mol. The molecule has 2 amide bonds. The zero-order valence-corrected chi connectivity index (χ0v) is 19.5. The topological polar surface area (TPSA) is 110 Å². The number of para-hydroxylation sites is 1. The van der Waals surface area contributed by atoms with Crippen molar-refractivity contribution < 1.29 is 18.0 Å². The molecule has 0 spiro atoms. The molecule has 0 saturated heterocycles. The Bertz CT molecular complexity index is 1440. The lowest BCUT2D eigenvalue weighted by Crippen LogP contribution is -2.30. The lowest BCUT2D eigenvalue weighted by Gasteiger charge is -2.25. The van der Waals surface area contributed by atoms with E-state index in [2.05, 4.69) is 5.32 Å². The summed E-state index contributed by atoms with van der Waals surface area (Å²) >= 11 is 0. The highest BCUT2D eigenvalue weighted by molar-refractivity contribution is 7.92. The van der Waals surface area contributed by atoms with Crippen LogP contribution in [0.1, 0.15) is 26.3 Å². The number of anilines is 2. The number of sulfonamides is 1. The molecule has 35 heavy (non-hydrogen) atoms. The molecule has 0 aromatic heterocycles. The van der Waals surface area contributed by atoms with Crippen LogP contribution in [-0.4, -0.2) is 20.2 Å². The van der Waals surface area contributed by atoms with Crippen molar-refractivity contribution in [1.82, 2.24) is 0 Å². The molecule has 8 heteroatoms. The minimum absolute atomic E-state index is 0.00555. The molecule has 0 heterocycles. The quantitative estimate of drug-likeness (QED) is 0.385. The number of hydrogen-bond donors (Lipinski definition) is 2. The van der Waals surface area contributed by atoms with Gasteiger partial charge in [-0.2, -0.15) is 0 Å². The molecule has 0 unspecified atom stereocenters. The summed E-state index contributed by atoms with van der Waals surface area (Å²) in [6.45, 7) is 0.135. The fourth-order valence-electron chi connectivity index (χ4n) is 3.50. The number of primary amides is 1. The van der Waals surface area contributed by atoms with E-state index in [0.29, 0.717) is 16.9 Å². The molecule has 7 nitrogen and oxygen atoms in total. The highest BCUT2D eigenvalue weighted by atomic mass is 32.2. The van der Waals surface area contributed by atoms with Crippen LogP contribution in [-0.2, 0) is 16.6 Å². The molecule has 0 atom stereocenters. The number of rotatable bonds is 8. The van der Waals surface area contributed by atoms with Crippen LogP contribution < -0.4 is 15.4 Å². The van der Waals surface area contributed by atoms with E-state index < -0.39 is 21.8 Å². The van der Waals surface area contributed by atoms with E-state index in [1.165, 1.54) is 40.7 Å². The van der Waals surface area contributed by atoms with E-state index in [9.17, 15) is 18.0 Å². The number of nitrogens with zero attached hydrogens (tertiary/aromatic N) is 1. The third-order valence-corrected chi connectivity index (χ3v) is 7.09. The lowest BCUT2D eigenvalue weighted by molar-refractivity contribution is 0.0998. The van der Waals surface area contributed by atoms with E-state index in [1.54, 1.807) is 36.4 Å². The predicted octanol–water partition coefficient (Wildman–Crippen LogP) is 4.43. The van der Waals surface area contributed by atoms with Gasteiger partial charge in [0, 0.05) is 16.8 Å². The summed E-state index contributed by atoms with van der Waals surface area (Å²) in [5.41, 5.74) is 7.52. The van der Waals surface area contributed by atoms with Gasteiger partial charge in [0.2, 0.25) is 5.91 Å². The predicted molar refractivity (Wildman–Crippen MR) is 136 cm³/mol. The fraction of sp³-hybridized carbons (Fsp3) is 0.0370. The van der Waals surface area contributed by atoms with Gasteiger partial charge in [-0.1, -0.05) is 54.6 Å². The summed E-state index contributed by atoms with van der Waals surface area (Å²) in [6, 6.07) is 30.1. The van der Waals surface area contributed by atoms with Gasteiger partial charge < -0.3 is 11.1 Å².